The maximum absolute atomic E-state index is 12.3. The van der Waals surface area contributed by atoms with E-state index in [9.17, 15) is 4.79 Å². The first kappa shape index (κ1) is 17.5. The van der Waals surface area contributed by atoms with Crippen molar-refractivity contribution in [2.75, 3.05) is 30.9 Å². The van der Waals surface area contributed by atoms with Gasteiger partial charge in [-0.1, -0.05) is 23.2 Å². The van der Waals surface area contributed by atoms with Gasteiger partial charge in [0, 0.05) is 31.4 Å². The Labute approximate surface area is 144 Å². The van der Waals surface area contributed by atoms with Crippen LogP contribution in [0.4, 0.5) is 11.5 Å². The first-order valence-corrected chi connectivity index (χ1v) is 7.67. The summed E-state index contributed by atoms with van der Waals surface area (Å²) < 4.78 is 4.97. The lowest BCUT2D eigenvalue weighted by atomic mass is 10.3. The largest absolute Gasteiger partial charge is 0.385 e. The predicted molar refractivity (Wildman–Crippen MR) is 91.4 cm³/mol. The smallest absolute Gasteiger partial charge is 0.274 e. The number of carbonyl (C=O) groups is 1. The summed E-state index contributed by atoms with van der Waals surface area (Å²) in [5.41, 5.74) is 0.655. The molecule has 1 aromatic carbocycles. The summed E-state index contributed by atoms with van der Waals surface area (Å²) in [5.74, 6) is 0.176. The third-order valence-corrected chi connectivity index (χ3v) is 3.47. The zero-order valence-corrected chi connectivity index (χ0v) is 14.0. The highest BCUT2D eigenvalue weighted by Crippen LogP contribution is 2.25. The van der Waals surface area contributed by atoms with Gasteiger partial charge < -0.3 is 15.4 Å². The molecule has 0 aliphatic rings. The molecule has 8 heteroatoms. The first-order valence-electron chi connectivity index (χ1n) is 6.91. The van der Waals surface area contributed by atoms with Crippen molar-refractivity contribution in [3.63, 3.8) is 0 Å². The Bertz CT molecular complexity index is 682. The van der Waals surface area contributed by atoms with Crippen molar-refractivity contribution >= 4 is 40.6 Å². The second kappa shape index (κ2) is 8.67. The van der Waals surface area contributed by atoms with Crippen LogP contribution in [0, 0.1) is 0 Å². The van der Waals surface area contributed by atoms with Crippen LogP contribution in [-0.2, 0) is 4.74 Å². The zero-order valence-electron chi connectivity index (χ0n) is 12.5. The fraction of sp³-hybridized carbons (Fsp3) is 0.267. The molecule has 2 rings (SSSR count). The number of methoxy groups -OCH3 is 1. The van der Waals surface area contributed by atoms with Crippen LogP contribution in [0.15, 0.2) is 30.6 Å². The van der Waals surface area contributed by atoms with Gasteiger partial charge in [-0.2, -0.15) is 0 Å². The second-order valence-electron chi connectivity index (χ2n) is 4.64. The molecule has 0 unspecified atom stereocenters. The van der Waals surface area contributed by atoms with Gasteiger partial charge in [-0.15, -0.1) is 0 Å². The van der Waals surface area contributed by atoms with E-state index in [4.69, 9.17) is 27.9 Å². The van der Waals surface area contributed by atoms with Gasteiger partial charge in [0.25, 0.3) is 5.91 Å². The van der Waals surface area contributed by atoms with Crippen molar-refractivity contribution in [1.29, 1.82) is 0 Å². The summed E-state index contributed by atoms with van der Waals surface area (Å²) in [6.07, 6.45) is 2.16. The molecule has 0 fully saturated rings. The van der Waals surface area contributed by atoms with Crippen LogP contribution in [0.3, 0.4) is 0 Å². The third kappa shape index (κ3) is 5.35. The lowest BCUT2D eigenvalue weighted by Crippen LogP contribution is -2.15. The molecule has 0 saturated carbocycles. The minimum atomic E-state index is -0.392. The number of nitrogens with zero attached hydrogens (tertiary/aromatic N) is 2. The van der Waals surface area contributed by atoms with E-state index < -0.39 is 5.91 Å². The molecule has 0 saturated heterocycles. The Balaban J connectivity index is 2.03. The Kier molecular flexibility index (Phi) is 6.58. The molecular formula is C15H16Cl2N4O2. The molecule has 122 valence electrons. The third-order valence-electron chi connectivity index (χ3n) is 2.91. The monoisotopic (exact) mass is 354 g/mol. The van der Waals surface area contributed by atoms with Gasteiger partial charge in [0.1, 0.15) is 17.8 Å². The molecule has 2 N–H and O–H groups in total. The minimum Gasteiger partial charge on any atom is -0.385 e. The van der Waals surface area contributed by atoms with E-state index in [-0.39, 0.29) is 5.69 Å². The molecule has 0 aliphatic carbocycles. The number of rotatable bonds is 7. The normalized spacial score (nSPS) is 10.4. The van der Waals surface area contributed by atoms with Crippen LogP contribution >= 0.6 is 23.2 Å². The van der Waals surface area contributed by atoms with Gasteiger partial charge in [0.15, 0.2) is 0 Å². The number of nitrogens with one attached hydrogen (secondary N) is 2. The van der Waals surface area contributed by atoms with Crippen molar-refractivity contribution in [2.45, 2.75) is 6.42 Å². The molecule has 0 bridgehead atoms. The highest BCUT2D eigenvalue weighted by Gasteiger charge is 2.11. The predicted octanol–water partition coefficient (Wildman–Crippen LogP) is 3.48. The number of halogens is 2. The van der Waals surface area contributed by atoms with E-state index in [1.165, 1.54) is 6.33 Å². The van der Waals surface area contributed by atoms with Crippen LogP contribution < -0.4 is 10.6 Å². The number of anilines is 2. The van der Waals surface area contributed by atoms with Crippen LogP contribution in [0.1, 0.15) is 16.9 Å². The quantitative estimate of drug-likeness (QED) is 0.744. The van der Waals surface area contributed by atoms with Gasteiger partial charge in [-0.3, -0.25) is 4.79 Å². The molecule has 1 aromatic heterocycles. The van der Waals surface area contributed by atoms with Crippen molar-refractivity contribution in [2.24, 2.45) is 0 Å². The summed E-state index contributed by atoms with van der Waals surface area (Å²) in [6.45, 7) is 1.34. The average molecular weight is 355 g/mol. The molecular weight excluding hydrogens is 339 g/mol. The Morgan fingerprint density at radius 2 is 2.09 bits per heavy atom. The fourth-order valence-corrected chi connectivity index (χ4v) is 2.13. The van der Waals surface area contributed by atoms with Gasteiger partial charge in [-0.25, -0.2) is 9.97 Å². The van der Waals surface area contributed by atoms with Crippen molar-refractivity contribution in [3.8, 4) is 0 Å². The van der Waals surface area contributed by atoms with Gasteiger partial charge in [-0.05, 0) is 24.6 Å². The second-order valence-corrected chi connectivity index (χ2v) is 5.48. The molecule has 6 nitrogen and oxygen atoms in total. The molecule has 1 heterocycles. The number of hydrogen-bond donors (Lipinski definition) is 2. The average Bonchev–Trinajstić information content (AvgIpc) is 2.55. The standard InChI is InChI=1S/C15H16Cl2N4O2/c1-23-6-2-5-18-14-8-13(19-9-20-14)15(22)21-12-7-10(16)3-4-11(12)17/h3-4,7-9H,2,5-6H2,1H3,(H,21,22)(H,18,19,20). The van der Waals surface area contributed by atoms with Crippen LogP contribution in [0.25, 0.3) is 0 Å². The van der Waals surface area contributed by atoms with Crippen LogP contribution in [0.2, 0.25) is 10.0 Å². The van der Waals surface area contributed by atoms with E-state index in [1.54, 1.807) is 31.4 Å². The molecule has 1 amide bonds. The van der Waals surface area contributed by atoms with Crippen LogP contribution in [0.5, 0.6) is 0 Å². The summed E-state index contributed by atoms with van der Waals surface area (Å²) in [7, 11) is 1.65. The van der Waals surface area contributed by atoms with E-state index in [0.717, 1.165) is 6.42 Å². The van der Waals surface area contributed by atoms with Crippen molar-refractivity contribution in [3.05, 3.63) is 46.3 Å². The van der Waals surface area contributed by atoms with Gasteiger partial charge >= 0.3 is 0 Å². The topological polar surface area (TPSA) is 76.1 Å². The summed E-state index contributed by atoms with van der Waals surface area (Å²) in [4.78, 5) is 20.3. The molecule has 0 radical (unpaired) electrons. The molecule has 0 atom stereocenters. The van der Waals surface area contributed by atoms with Crippen molar-refractivity contribution in [1.82, 2.24) is 9.97 Å². The number of aromatic nitrogens is 2. The highest BCUT2D eigenvalue weighted by atomic mass is 35.5. The Hall–Kier alpha value is -1.89. The lowest BCUT2D eigenvalue weighted by Gasteiger charge is -2.09. The maximum atomic E-state index is 12.3. The SMILES string of the molecule is COCCCNc1cc(C(=O)Nc2cc(Cl)ccc2Cl)ncn1. The first-order chi connectivity index (χ1) is 11.1. The Morgan fingerprint density at radius 1 is 1.26 bits per heavy atom. The minimum absolute atomic E-state index is 0.227. The number of hydrogen-bond acceptors (Lipinski definition) is 5. The highest BCUT2D eigenvalue weighted by molar-refractivity contribution is 6.35. The van der Waals surface area contributed by atoms with E-state index in [2.05, 4.69) is 20.6 Å². The van der Waals surface area contributed by atoms with E-state index in [0.29, 0.717) is 34.7 Å². The maximum Gasteiger partial charge on any atom is 0.274 e. The fourth-order valence-electron chi connectivity index (χ4n) is 1.79. The number of carbonyl (C=O) groups excluding carboxylic acids is 1. The Morgan fingerprint density at radius 3 is 2.87 bits per heavy atom. The van der Waals surface area contributed by atoms with Gasteiger partial charge in [0.2, 0.25) is 0 Å². The molecule has 2 aromatic rings. The summed E-state index contributed by atoms with van der Waals surface area (Å²) >= 11 is 11.9. The number of ether oxygens (including phenoxy) is 1. The summed E-state index contributed by atoms with van der Waals surface area (Å²) in [6, 6.07) is 6.40. The molecule has 23 heavy (non-hydrogen) atoms. The zero-order chi connectivity index (χ0) is 16.7. The number of amides is 1. The van der Waals surface area contributed by atoms with Gasteiger partial charge in [0.05, 0.1) is 10.7 Å². The lowest BCUT2D eigenvalue weighted by molar-refractivity contribution is 0.102. The molecule has 0 spiro atoms. The van der Waals surface area contributed by atoms with E-state index >= 15 is 0 Å². The van der Waals surface area contributed by atoms with E-state index in [1.807, 2.05) is 0 Å². The number of benzene rings is 1. The summed E-state index contributed by atoms with van der Waals surface area (Å²) in [5, 5.41) is 6.66. The van der Waals surface area contributed by atoms with Crippen LogP contribution in [-0.4, -0.2) is 36.1 Å². The molecule has 0 aliphatic heterocycles. The van der Waals surface area contributed by atoms with Crippen molar-refractivity contribution < 1.29 is 9.53 Å².